The second-order valence-corrected chi connectivity index (χ2v) is 6.26. The number of hydrogen-bond donors (Lipinski definition) is 2. The number of piperidine rings is 1. The number of hydrogen-bond acceptors (Lipinski definition) is 3. The molecule has 0 bridgehead atoms. The first-order valence-corrected chi connectivity index (χ1v) is 7.03. The van der Waals surface area contributed by atoms with Crippen molar-refractivity contribution in [1.82, 2.24) is 10.2 Å². The standard InChI is InChI=1S/C14H28N2O2/c1-14(2,11-15-8-4-7-13(17)18)12-6-5-9-16(3)10-12/h12,15H,4-11H2,1-3H3,(H,17,18). The van der Waals surface area contributed by atoms with E-state index in [1.54, 1.807) is 0 Å². The SMILES string of the molecule is CN1CCCC(C(C)(C)CNCCCC(=O)O)C1. The third-order valence-corrected chi connectivity index (χ3v) is 4.05. The maximum absolute atomic E-state index is 10.4. The number of likely N-dealkylation sites (tertiary alicyclic amines) is 1. The average Bonchev–Trinajstić information content (AvgIpc) is 2.28. The summed E-state index contributed by atoms with van der Waals surface area (Å²) in [4.78, 5) is 12.8. The zero-order valence-corrected chi connectivity index (χ0v) is 12.0. The van der Waals surface area contributed by atoms with Gasteiger partial charge in [0.15, 0.2) is 0 Å². The van der Waals surface area contributed by atoms with Crippen LogP contribution in [0.15, 0.2) is 0 Å². The van der Waals surface area contributed by atoms with E-state index in [0.29, 0.717) is 0 Å². The first kappa shape index (κ1) is 15.4. The van der Waals surface area contributed by atoms with Crippen molar-refractivity contribution >= 4 is 5.97 Å². The van der Waals surface area contributed by atoms with E-state index in [-0.39, 0.29) is 11.8 Å². The molecule has 4 heteroatoms. The van der Waals surface area contributed by atoms with Crippen molar-refractivity contribution in [2.24, 2.45) is 11.3 Å². The van der Waals surface area contributed by atoms with Crippen LogP contribution in [-0.2, 0) is 4.79 Å². The lowest BCUT2D eigenvalue weighted by molar-refractivity contribution is -0.137. The normalized spacial score (nSPS) is 22.1. The molecule has 4 nitrogen and oxygen atoms in total. The second kappa shape index (κ2) is 7.10. The summed E-state index contributed by atoms with van der Waals surface area (Å²) in [5, 5.41) is 12.0. The van der Waals surface area contributed by atoms with Crippen LogP contribution >= 0.6 is 0 Å². The fraction of sp³-hybridized carbons (Fsp3) is 0.929. The molecule has 0 aromatic rings. The number of nitrogens with one attached hydrogen (secondary N) is 1. The van der Waals surface area contributed by atoms with Crippen molar-refractivity contribution in [3.8, 4) is 0 Å². The minimum Gasteiger partial charge on any atom is -0.481 e. The summed E-state index contributed by atoms with van der Waals surface area (Å²) in [6.45, 7) is 8.83. The first-order chi connectivity index (χ1) is 8.42. The van der Waals surface area contributed by atoms with Crippen LogP contribution in [0.25, 0.3) is 0 Å². The Bertz CT molecular complexity index is 267. The summed E-state index contributed by atoms with van der Waals surface area (Å²) >= 11 is 0. The molecule has 18 heavy (non-hydrogen) atoms. The molecule has 0 radical (unpaired) electrons. The zero-order chi connectivity index (χ0) is 13.6. The summed E-state index contributed by atoms with van der Waals surface area (Å²) < 4.78 is 0. The smallest absolute Gasteiger partial charge is 0.303 e. The molecule has 1 atom stereocenters. The molecule has 1 saturated heterocycles. The molecule has 0 spiro atoms. The van der Waals surface area contributed by atoms with Gasteiger partial charge in [0.2, 0.25) is 0 Å². The predicted molar refractivity (Wildman–Crippen MR) is 73.7 cm³/mol. The molecule has 0 aromatic carbocycles. The molecule has 2 N–H and O–H groups in total. The third-order valence-electron chi connectivity index (χ3n) is 4.05. The lowest BCUT2D eigenvalue weighted by Crippen LogP contribution is -2.44. The van der Waals surface area contributed by atoms with Crippen LogP contribution in [0.5, 0.6) is 0 Å². The first-order valence-electron chi connectivity index (χ1n) is 7.03. The Labute approximate surface area is 111 Å². The molecule has 1 heterocycles. The highest BCUT2D eigenvalue weighted by atomic mass is 16.4. The van der Waals surface area contributed by atoms with Gasteiger partial charge in [0.25, 0.3) is 0 Å². The van der Waals surface area contributed by atoms with Gasteiger partial charge in [0.05, 0.1) is 0 Å². The Kier molecular flexibility index (Phi) is 6.09. The quantitative estimate of drug-likeness (QED) is 0.682. The minimum absolute atomic E-state index is 0.263. The highest BCUT2D eigenvalue weighted by molar-refractivity contribution is 5.66. The van der Waals surface area contributed by atoms with E-state index >= 15 is 0 Å². The number of aliphatic carboxylic acids is 1. The monoisotopic (exact) mass is 256 g/mol. The maximum Gasteiger partial charge on any atom is 0.303 e. The van der Waals surface area contributed by atoms with E-state index in [1.807, 2.05) is 0 Å². The van der Waals surface area contributed by atoms with Crippen molar-refractivity contribution < 1.29 is 9.90 Å². The summed E-state index contributed by atoms with van der Waals surface area (Å²) in [5.74, 6) is 0.0354. The highest BCUT2D eigenvalue weighted by Crippen LogP contribution is 2.32. The Balaban J connectivity index is 2.23. The zero-order valence-electron chi connectivity index (χ0n) is 12.0. The van der Waals surface area contributed by atoms with Crippen LogP contribution in [0.1, 0.15) is 39.5 Å². The van der Waals surface area contributed by atoms with E-state index in [0.717, 1.165) is 25.4 Å². The van der Waals surface area contributed by atoms with Gasteiger partial charge in [-0.15, -0.1) is 0 Å². The van der Waals surface area contributed by atoms with E-state index in [1.165, 1.54) is 25.9 Å². The summed E-state index contributed by atoms with van der Waals surface area (Å²) in [6.07, 6.45) is 3.59. The van der Waals surface area contributed by atoms with Crippen LogP contribution in [0.4, 0.5) is 0 Å². The molecule has 0 aromatic heterocycles. The number of carboxylic acids is 1. The largest absolute Gasteiger partial charge is 0.481 e. The van der Waals surface area contributed by atoms with Crippen LogP contribution < -0.4 is 5.32 Å². The van der Waals surface area contributed by atoms with Crippen LogP contribution in [0, 0.1) is 11.3 Å². The summed E-state index contributed by atoms with van der Waals surface area (Å²) in [5.41, 5.74) is 0.290. The number of carboxylic acid groups (broad SMARTS) is 1. The molecular weight excluding hydrogens is 228 g/mol. The van der Waals surface area contributed by atoms with Crippen molar-refractivity contribution in [2.75, 3.05) is 33.2 Å². The average molecular weight is 256 g/mol. The Morgan fingerprint density at radius 2 is 2.22 bits per heavy atom. The van der Waals surface area contributed by atoms with Crippen LogP contribution in [-0.4, -0.2) is 49.2 Å². The Morgan fingerprint density at radius 1 is 1.50 bits per heavy atom. The molecule has 1 rings (SSSR count). The van der Waals surface area contributed by atoms with Gasteiger partial charge in [-0.3, -0.25) is 4.79 Å². The van der Waals surface area contributed by atoms with Gasteiger partial charge in [-0.1, -0.05) is 13.8 Å². The van der Waals surface area contributed by atoms with Gasteiger partial charge in [0, 0.05) is 19.5 Å². The van der Waals surface area contributed by atoms with Crippen molar-refractivity contribution in [3.05, 3.63) is 0 Å². The molecule has 0 amide bonds. The number of carbonyl (C=O) groups is 1. The van der Waals surface area contributed by atoms with Gasteiger partial charge < -0.3 is 15.3 Å². The predicted octanol–water partition coefficient (Wildman–Crippen LogP) is 1.81. The molecule has 106 valence electrons. The van der Waals surface area contributed by atoms with Gasteiger partial charge >= 0.3 is 5.97 Å². The number of rotatable bonds is 7. The fourth-order valence-corrected chi connectivity index (χ4v) is 2.72. The highest BCUT2D eigenvalue weighted by Gasteiger charge is 2.31. The molecule has 1 unspecified atom stereocenters. The molecular formula is C14H28N2O2. The third kappa shape index (κ3) is 5.36. The van der Waals surface area contributed by atoms with Gasteiger partial charge in [0.1, 0.15) is 0 Å². The Morgan fingerprint density at radius 3 is 2.83 bits per heavy atom. The summed E-state index contributed by atoms with van der Waals surface area (Å²) in [6, 6.07) is 0. The minimum atomic E-state index is -0.704. The lowest BCUT2D eigenvalue weighted by atomic mass is 9.74. The molecule has 1 aliphatic rings. The van der Waals surface area contributed by atoms with E-state index in [9.17, 15) is 4.79 Å². The van der Waals surface area contributed by atoms with E-state index < -0.39 is 5.97 Å². The maximum atomic E-state index is 10.4. The van der Waals surface area contributed by atoms with Crippen molar-refractivity contribution in [2.45, 2.75) is 39.5 Å². The topological polar surface area (TPSA) is 52.6 Å². The van der Waals surface area contributed by atoms with Gasteiger partial charge in [-0.2, -0.15) is 0 Å². The van der Waals surface area contributed by atoms with Crippen LogP contribution in [0.2, 0.25) is 0 Å². The van der Waals surface area contributed by atoms with Crippen molar-refractivity contribution in [3.63, 3.8) is 0 Å². The van der Waals surface area contributed by atoms with E-state index in [4.69, 9.17) is 5.11 Å². The molecule has 0 saturated carbocycles. The van der Waals surface area contributed by atoms with Gasteiger partial charge in [-0.25, -0.2) is 0 Å². The fourth-order valence-electron chi connectivity index (χ4n) is 2.72. The van der Waals surface area contributed by atoms with Crippen LogP contribution in [0.3, 0.4) is 0 Å². The van der Waals surface area contributed by atoms with Gasteiger partial charge in [-0.05, 0) is 50.7 Å². The molecule has 1 fully saturated rings. The summed E-state index contributed by atoms with van der Waals surface area (Å²) in [7, 11) is 2.20. The van der Waals surface area contributed by atoms with Crippen molar-refractivity contribution in [1.29, 1.82) is 0 Å². The second-order valence-electron chi connectivity index (χ2n) is 6.26. The molecule has 0 aliphatic carbocycles. The Hall–Kier alpha value is -0.610. The number of nitrogens with zero attached hydrogens (tertiary/aromatic N) is 1. The molecule has 1 aliphatic heterocycles. The van der Waals surface area contributed by atoms with E-state index in [2.05, 4.69) is 31.1 Å². The lowest BCUT2D eigenvalue weighted by Gasteiger charge is -2.40.